The lowest BCUT2D eigenvalue weighted by Gasteiger charge is -1.70. The molecule has 0 amide bonds. The zero-order chi connectivity index (χ0) is 4.12. The Kier molecular flexibility index (Phi) is 3.17. The van der Waals surface area contributed by atoms with Gasteiger partial charge in [-0.15, -0.1) is 0 Å². The molecule has 0 bridgehead atoms. The van der Waals surface area contributed by atoms with Crippen LogP contribution in [0.3, 0.4) is 0 Å². The minimum Gasteiger partial charge on any atom is -0.428 e. The largest absolute Gasteiger partial charge is 0.430 e. The third-order valence-electron chi connectivity index (χ3n) is 0.171. The molecule has 0 saturated carbocycles. The zero-order valence-corrected chi connectivity index (χ0v) is 2.93. The summed E-state index contributed by atoms with van der Waals surface area (Å²) in [5, 5.41) is 7.64. The number of hydrogen-bond acceptors (Lipinski definition) is 2. The van der Waals surface area contributed by atoms with Crippen LogP contribution in [0.15, 0.2) is 0 Å². The van der Waals surface area contributed by atoms with Crippen molar-refractivity contribution in [3.05, 3.63) is 0 Å². The van der Waals surface area contributed by atoms with Gasteiger partial charge in [-0.25, -0.2) is 5.26 Å². The van der Waals surface area contributed by atoms with Crippen molar-refractivity contribution in [3.8, 4) is 5.97 Å². The Hall–Kier alpha value is -0.485. The number of hydrogen-bond donors (Lipinski definition) is 0. The lowest BCUT2D eigenvalue weighted by molar-refractivity contribution is 0.450. The maximum Gasteiger partial charge on any atom is 0.430 e. The van der Waals surface area contributed by atoms with Gasteiger partial charge in [0.2, 0.25) is 0 Å². The van der Waals surface area contributed by atoms with Crippen LogP contribution in [-0.2, 0) is 4.65 Å². The molecule has 0 unspecified atom stereocenters. The quantitative estimate of drug-likeness (QED) is 0.396. The summed E-state index contributed by atoms with van der Waals surface area (Å²) >= 11 is 0. The van der Waals surface area contributed by atoms with Crippen LogP contribution in [0.1, 0.15) is 0 Å². The van der Waals surface area contributed by atoms with E-state index in [0.29, 0.717) is 0 Å². The number of nitriles is 1. The van der Waals surface area contributed by atoms with E-state index in [9.17, 15) is 0 Å². The Morgan fingerprint density at radius 2 is 2.60 bits per heavy atom. The van der Waals surface area contributed by atoms with Gasteiger partial charge in [0.15, 0.2) is 0 Å². The fraction of sp³-hybridized carbons (Fsp3) is 0.500. The Balaban J connectivity index is 2.48. The number of rotatable bonds is 1. The monoisotopic (exact) mass is 68.0 g/mol. The summed E-state index contributed by atoms with van der Waals surface area (Å²) < 4.78 is 4.20. The molecule has 0 atom stereocenters. The van der Waals surface area contributed by atoms with Gasteiger partial charge in [-0.2, -0.15) is 0 Å². The molecule has 0 aromatic rings. The van der Waals surface area contributed by atoms with Gasteiger partial charge >= 0.3 is 7.48 Å². The van der Waals surface area contributed by atoms with Crippen molar-refractivity contribution in [1.29, 1.82) is 5.26 Å². The van der Waals surface area contributed by atoms with E-state index in [1.165, 1.54) is 7.11 Å². The summed E-state index contributed by atoms with van der Waals surface area (Å²) in [6, 6.07) is 0. The first kappa shape index (κ1) is 4.51. The second-order valence-corrected chi connectivity index (χ2v) is 0.483. The van der Waals surface area contributed by atoms with E-state index >= 15 is 0 Å². The van der Waals surface area contributed by atoms with Gasteiger partial charge in [0, 0.05) is 13.1 Å². The minimum absolute atomic E-state index is 1.06. The van der Waals surface area contributed by atoms with Gasteiger partial charge in [-0.1, -0.05) is 0 Å². The first-order valence-electron chi connectivity index (χ1n) is 1.16. The van der Waals surface area contributed by atoms with Crippen molar-refractivity contribution in [2.45, 2.75) is 0 Å². The highest BCUT2D eigenvalue weighted by atomic mass is 16.4. The molecule has 0 rings (SSSR count). The highest BCUT2D eigenvalue weighted by molar-refractivity contribution is 6.37. The van der Waals surface area contributed by atoms with Crippen molar-refractivity contribution in [2.75, 3.05) is 7.11 Å². The van der Waals surface area contributed by atoms with Gasteiger partial charge in [0.1, 0.15) is 0 Å². The lowest BCUT2D eigenvalue weighted by Crippen LogP contribution is -1.84. The van der Waals surface area contributed by atoms with E-state index in [1.807, 2.05) is 0 Å². The summed E-state index contributed by atoms with van der Waals surface area (Å²) in [6.07, 6.45) is 0. The predicted octanol–water partition coefficient (Wildman–Crippen LogP) is -0.267. The summed E-state index contributed by atoms with van der Waals surface area (Å²) in [7, 11) is 2.49. The van der Waals surface area contributed by atoms with Gasteiger partial charge in [-0.3, -0.25) is 0 Å². The smallest absolute Gasteiger partial charge is 0.428 e. The van der Waals surface area contributed by atoms with Crippen LogP contribution >= 0.6 is 0 Å². The van der Waals surface area contributed by atoms with Crippen molar-refractivity contribution < 1.29 is 4.65 Å². The molecule has 0 heterocycles. The second kappa shape index (κ2) is 3.51. The Morgan fingerprint density at radius 3 is 2.60 bits per heavy atom. The molecule has 0 saturated heterocycles. The molecule has 0 spiro atoms. The molecule has 25 valence electrons. The zero-order valence-electron chi connectivity index (χ0n) is 2.93. The summed E-state index contributed by atoms with van der Waals surface area (Å²) in [4.78, 5) is 0. The van der Waals surface area contributed by atoms with Gasteiger partial charge < -0.3 is 4.65 Å². The van der Waals surface area contributed by atoms with Crippen LogP contribution < -0.4 is 0 Å². The normalized spacial score (nSPS) is 5.60. The van der Waals surface area contributed by atoms with E-state index < -0.39 is 0 Å². The maximum atomic E-state index is 7.64. The molecule has 0 aliphatic heterocycles. The Labute approximate surface area is 31.6 Å². The van der Waals surface area contributed by atoms with Crippen LogP contribution in [0.5, 0.6) is 0 Å². The molecule has 1 radical (unpaired) electrons. The molecule has 3 heteroatoms. The minimum atomic E-state index is 1.06. The van der Waals surface area contributed by atoms with Crippen LogP contribution in [0.4, 0.5) is 0 Å². The standard InChI is InChI=1S/C2H3BNO/c1-5-3-2-4/h1H3. The first-order chi connectivity index (χ1) is 2.41. The van der Waals surface area contributed by atoms with Crippen molar-refractivity contribution in [3.63, 3.8) is 0 Å². The Bertz CT molecular complexity index is 48.1. The fourth-order valence-corrected chi connectivity index (χ4v) is 0.0527. The molecular formula is C2H3BNO. The average molecular weight is 67.9 g/mol. The van der Waals surface area contributed by atoms with E-state index in [0.717, 1.165) is 7.48 Å². The molecule has 2 nitrogen and oxygen atoms in total. The molecule has 0 aliphatic carbocycles. The van der Waals surface area contributed by atoms with Gasteiger partial charge in [0.05, 0.1) is 0 Å². The molecule has 0 N–H and O–H groups in total. The van der Waals surface area contributed by atoms with Gasteiger partial charge in [-0.05, 0) is 0 Å². The highest BCUT2D eigenvalue weighted by Crippen LogP contribution is 1.48. The lowest BCUT2D eigenvalue weighted by atomic mass is 10.1. The van der Waals surface area contributed by atoms with E-state index in [1.54, 1.807) is 5.97 Å². The van der Waals surface area contributed by atoms with Crippen LogP contribution in [-0.4, -0.2) is 14.6 Å². The van der Waals surface area contributed by atoms with Crippen LogP contribution in [0.2, 0.25) is 0 Å². The number of nitrogens with zero attached hydrogens (tertiary/aromatic N) is 1. The predicted molar refractivity (Wildman–Crippen MR) is 18.4 cm³/mol. The average Bonchev–Trinajstić information content (AvgIpc) is 1.41. The van der Waals surface area contributed by atoms with E-state index in [2.05, 4.69) is 4.65 Å². The third-order valence-corrected chi connectivity index (χ3v) is 0.171. The molecule has 0 aromatic carbocycles. The fourth-order valence-electron chi connectivity index (χ4n) is 0.0527. The molecule has 5 heavy (non-hydrogen) atoms. The molecule has 0 fully saturated rings. The van der Waals surface area contributed by atoms with Crippen molar-refractivity contribution >= 4 is 7.48 Å². The van der Waals surface area contributed by atoms with Gasteiger partial charge in [0.25, 0.3) is 0 Å². The summed E-state index contributed by atoms with van der Waals surface area (Å²) in [6.45, 7) is 0. The van der Waals surface area contributed by atoms with E-state index in [4.69, 9.17) is 5.26 Å². The van der Waals surface area contributed by atoms with Crippen LogP contribution in [0, 0.1) is 11.2 Å². The second-order valence-electron chi connectivity index (χ2n) is 0.483. The molecule has 0 aromatic heterocycles. The topological polar surface area (TPSA) is 33.0 Å². The maximum absolute atomic E-state index is 7.64. The van der Waals surface area contributed by atoms with E-state index in [-0.39, 0.29) is 0 Å². The third kappa shape index (κ3) is 3.51. The summed E-state index contributed by atoms with van der Waals surface area (Å²) in [5.41, 5.74) is 0. The highest BCUT2D eigenvalue weighted by Gasteiger charge is 1.73. The molecule has 0 aliphatic rings. The SMILES string of the molecule is CO[B]C#N. The summed E-state index contributed by atoms with van der Waals surface area (Å²) in [5.74, 6) is 1.67. The van der Waals surface area contributed by atoms with Crippen LogP contribution in [0.25, 0.3) is 0 Å². The Morgan fingerprint density at radius 1 is 2.00 bits per heavy atom. The van der Waals surface area contributed by atoms with Crippen molar-refractivity contribution in [1.82, 2.24) is 0 Å². The molecular weight excluding hydrogens is 64.8 g/mol. The first-order valence-corrected chi connectivity index (χ1v) is 1.16. The van der Waals surface area contributed by atoms with Crippen molar-refractivity contribution in [2.24, 2.45) is 0 Å².